The first kappa shape index (κ1) is 7.68. The number of carbonyl (C=O) groups is 1. The van der Waals surface area contributed by atoms with Crippen molar-refractivity contribution < 1.29 is 9.90 Å². The van der Waals surface area contributed by atoms with Gasteiger partial charge in [-0.25, -0.2) is 4.79 Å². The zero-order chi connectivity index (χ0) is 7.56. The molecule has 1 heterocycles. The number of hydrogen-bond donors (Lipinski definition) is 3. The average Bonchev–Trinajstić information content (AvgIpc) is 2.15. The van der Waals surface area contributed by atoms with Crippen LogP contribution in [0, 0.1) is 0 Å². The van der Waals surface area contributed by atoms with Gasteiger partial charge in [0.15, 0.2) is 0 Å². The molecule has 58 valence electrons. The van der Waals surface area contributed by atoms with Crippen LogP contribution in [0.3, 0.4) is 0 Å². The lowest BCUT2D eigenvalue weighted by Crippen LogP contribution is -2.44. The first-order chi connectivity index (χ1) is 4.70. The van der Waals surface area contributed by atoms with Crippen molar-refractivity contribution in [3.63, 3.8) is 0 Å². The second kappa shape index (κ2) is 3.12. The molecule has 0 unspecified atom stereocenters. The molecule has 2 atom stereocenters. The second-order valence-corrected chi connectivity index (χ2v) is 3.29. The Morgan fingerprint density at radius 3 is 2.80 bits per heavy atom. The lowest BCUT2D eigenvalue weighted by Gasteiger charge is -2.12. The summed E-state index contributed by atoms with van der Waals surface area (Å²) < 4.78 is 0. The molecule has 0 spiro atoms. The van der Waals surface area contributed by atoms with Crippen molar-refractivity contribution in [1.82, 2.24) is 5.32 Å². The van der Waals surface area contributed by atoms with Crippen LogP contribution in [0.15, 0.2) is 0 Å². The number of carbonyl (C=O) groups excluding carboxylic acids is 1. The van der Waals surface area contributed by atoms with Crippen molar-refractivity contribution in [3.8, 4) is 0 Å². The van der Waals surface area contributed by atoms with E-state index < -0.39 is 12.1 Å². The van der Waals surface area contributed by atoms with Gasteiger partial charge in [0, 0.05) is 11.5 Å². The van der Waals surface area contributed by atoms with E-state index in [4.69, 9.17) is 10.8 Å². The van der Waals surface area contributed by atoms with E-state index in [9.17, 15) is 4.79 Å². The van der Waals surface area contributed by atoms with Crippen LogP contribution in [0.1, 0.15) is 0 Å². The third-order valence-electron chi connectivity index (χ3n) is 1.38. The Kier molecular flexibility index (Phi) is 2.39. The first-order valence-corrected chi connectivity index (χ1v) is 4.17. The van der Waals surface area contributed by atoms with E-state index >= 15 is 0 Å². The Hall–Kier alpha value is -0.420. The Labute approximate surface area is 63.2 Å². The maximum atomic E-state index is 10.3. The van der Waals surface area contributed by atoms with E-state index in [1.54, 1.807) is 11.8 Å². The fourth-order valence-electron chi connectivity index (χ4n) is 0.864. The summed E-state index contributed by atoms with van der Waals surface area (Å²) in [4.78, 5) is 10.3. The number of aliphatic hydroxyl groups excluding tert-OH is 1. The zero-order valence-electron chi connectivity index (χ0n) is 5.41. The SMILES string of the molecule is NC(=O)N[C@@H]1CSC[C@H]1O. The Morgan fingerprint density at radius 2 is 2.40 bits per heavy atom. The highest BCUT2D eigenvalue weighted by molar-refractivity contribution is 7.99. The van der Waals surface area contributed by atoms with E-state index in [1.165, 1.54) is 0 Å². The highest BCUT2D eigenvalue weighted by Gasteiger charge is 2.26. The molecule has 0 radical (unpaired) electrons. The summed E-state index contributed by atoms with van der Waals surface area (Å²) in [7, 11) is 0. The average molecular weight is 162 g/mol. The van der Waals surface area contributed by atoms with Crippen LogP contribution in [0.25, 0.3) is 0 Å². The van der Waals surface area contributed by atoms with Crippen molar-refractivity contribution >= 4 is 17.8 Å². The molecule has 10 heavy (non-hydrogen) atoms. The van der Waals surface area contributed by atoms with E-state index in [1.807, 2.05) is 0 Å². The summed E-state index contributed by atoms with van der Waals surface area (Å²) in [6.45, 7) is 0. The minimum atomic E-state index is -0.563. The van der Waals surface area contributed by atoms with Crippen LogP contribution >= 0.6 is 11.8 Å². The molecule has 4 nitrogen and oxygen atoms in total. The van der Waals surface area contributed by atoms with Gasteiger partial charge < -0.3 is 16.2 Å². The predicted octanol–water partition coefficient (Wildman–Crippen LogP) is -0.869. The molecule has 1 aliphatic rings. The molecule has 0 aliphatic carbocycles. The number of nitrogens with two attached hydrogens (primary N) is 1. The third kappa shape index (κ3) is 1.78. The quantitative estimate of drug-likeness (QED) is 0.469. The largest absolute Gasteiger partial charge is 0.390 e. The Bertz CT molecular complexity index is 142. The van der Waals surface area contributed by atoms with Gasteiger partial charge in [0.05, 0.1) is 12.1 Å². The van der Waals surface area contributed by atoms with Crippen LogP contribution < -0.4 is 11.1 Å². The van der Waals surface area contributed by atoms with Gasteiger partial charge in [-0.05, 0) is 0 Å². The summed E-state index contributed by atoms with van der Waals surface area (Å²) >= 11 is 1.61. The molecule has 0 aromatic carbocycles. The molecule has 0 aromatic rings. The number of amides is 2. The standard InChI is InChI=1S/C5H10N2O2S/c6-5(9)7-3-1-10-2-4(3)8/h3-4,8H,1-2H2,(H3,6,7,9)/t3-,4-/m1/s1. The van der Waals surface area contributed by atoms with E-state index in [0.717, 1.165) is 5.75 Å². The van der Waals surface area contributed by atoms with Gasteiger partial charge in [0.2, 0.25) is 0 Å². The number of primary amides is 1. The number of nitrogens with one attached hydrogen (secondary N) is 1. The number of aliphatic hydroxyl groups is 1. The van der Waals surface area contributed by atoms with Crippen molar-refractivity contribution in [3.05, 3.63) is 0 Å². The van der Waals surface area contributed by atoms with Crippen LogP contribution in [-0.2, 0) is 0 Å². The monoisotopic (exact) mass is 162 g/mol. The number of urea groups is 1. The summed E-state index contributed by atoms with van der Waals surface area (Å²) in [5.41, 5.74) is 4.86. The molecule has 5 heteroatoms. The van der Waals surface area contributed by atoms with Gasteiger partial charge in [0.25, 0.3) is 0 Å². The molecule has 4 N–H and O–H groups in total. The van der Waals surface area contributed by atoms with Crippen LogP contribution in [0.4, 0.5) is 4.79 Å². The van der Waals surface area contributed by atoms with Gasteiger partial charge in [-0.3, -0.25) is 0 Å². The molecule has 1 aliphatic heterocycles. The van der Waals surface area contributed by atoms with Crippen molar-refractivity contribution in [2.45, 2.75) is 12.1 Å². The van der Waals surface area contributed by atoms with Crippen molar-refractivity contribution in [2.24, 2.45) is 5.73 Å². The maximum Gasteiger partial charge on any atom is 0.312 e. The van der Waals surface area contributed by atoms with Gasteiger partial charge in [-0.2, -0.15) is 11.8 Å². The molecule has 0 saturated carbocycles. The maximum absolute atomic E-state index is 10.3. The third-order valence-corrected chi connectivity index (χ3v) is 2.55. The number of hydrogen-bond acceptors (Lipinski definition) is 3. The Morgan fingerprint density at radius 1 is 1.70 bits per heavy atom. The van der Waals surface area contributed by atoms with Gasteiger partial charge in [-0.15, -0.1) is 0 Å². The van der Waals surface area contributed by atoms with Crippen molar-refractivity contribution in [1.29, 1.82) is 0 Å². The molecule has 1 rings (SSSR count). The highest BCUT2D eigenvalue weighted by atomic mass is 32.2. The van der Waals surface area contributed by atoms with Crippen LogP contribution in [0.5, 0.6) is 0 Å². The van der Waals surface area contributed by atoms with Crippen LogP contribution in [0.2, 0.25) is 0 Å². The van der Waals surface area contributed by atoms with E-state index in [0.29, 0.717) is 5.75 Å². The molecular formula is C5H10N2O2S. The minimum Gasteiger partial charge on any atom is -0.390 e. The fraction of sp³-hybridized carbons (Fsp3) is 0.800. The molecule has 0 bridgehead atoms. The zero-order valence-corrected chi connectivity index (χ0v) is 6.23. The summed E-state index contributed by atoms with van der Waals surface area (Å²) in [6, 6.07) is -0.714. The van der Waals surface area contributed by atoms with E-state index in [2.05, 4.69) is 5.32 Å². The predicted molar refractivity (Wildman–Crippen MR) is 39.8 cm³/mol. The highest BCUT2D eigenvalue weighted by Crippen LogP contribution is 2.17. The summed E-state index contributed by atoms with van der Waals surface area (Å²) in [6.07, 6.45) is -0.433. The molecular weight excluding hydrogens is 152 g/mol. The van der Waals surface area contributed by atoms with Crippen molar-refractivity contribution in [2.75, 3.05) is 11.5 Å². The number of rotatable bonds is 1. The minimum absolute atomic E-state index is 0.150. The lowest BCUT2D eigenvalue weighted by atomic mass is 10.2. The summed E-state index contributed by atoms with van der Waals surface area (Å²) in [5.74, 6) is 1.44. The van der Waals surface area contributed by atoms with Gasteiger partial charge in [0.1, 0.15) is 0 Å². The molecule has 2 amide bonds. The van der Waals surface area contributed by atoms with Crippen LogP contribution in [-0.4, -0.2) is 34.8 Å². The topological polar surface area (TPSA) is 75.4 Å². The molecule has 0 aromatic heterocycles. The smallest absolute Gasteiger partial charge is 0.312 e. The van der Waals surface area contributed by atoms with Gasteiger partial charge >= 0.3 is 6.03 Å². The fourth-order valence-corrected chi connectivity index (χ4v) is 2.03. The first-order valence-electron chi connectivity index (χ1n) is 3.02. The lowest BCUT2D eigenvalue weighted by molar-refractivity contribution is 0.167. The molecule has 1 saturated heterocycles. The van der Waals surface area contributed by atoms with Gasteiger partial charge in [-0.1, -0.05) is 0 Å². The normalized spacial score (nSPS) is 32.1. The van der Waals surface area contributed by atoms with E-state index in [-0.39, 0.29) is 6.04 Å². The summed E-state index contributed by atoms with van der Waals surface area (Å²) in [5, 5.41) is 11.6. The molecule has 1 fully saturated rings. The Balaban J connectivity index is 2.33. The second-order valence-electron chi connectivity index (χ2n) is 2.22. The number of thioether (sulfide) groups is 1.